The van der Waals surface area contributed by atoms with Gasteiger partial charge in [0, 0.05) is 31.4 Å². The first kappa shape index (κ1) is 16.0. The maximum atomic E-state index is 11.7. The minimum atomic E-state index is -0.143. The second-order valence-electron chi connectivity index (χ2n) is 5.48. The summed E-state index contributed by atoms with van der Waals surface area (Å²) in [5, 5.41) is 5.68. The van der Waals surface area contributed by atoms with Crippen molar-refractivity contribution in [2.45, 2.75) is 19.9 Å². The lowest BCUT2D eigenvalue weighted by molar-refractivity contribution is 0.240. The number of hydrogen-bond acceptors (Lipinski definition) is 3. The number of fused-ring (bicyclic) bond motifs is 1. The first-order valence-corrected chi connectivity index (χ1v) is 8.18. The van der Waals surface area contributed by atoms with Crippen LogP contribution >= 0.6 is 0 Å². The van der Waals surface area contributed by atoms with Gasteiger partial charge in [0.15, 0.2) is 5.65 Å². The predicted octanol–water partition coefficient (Wildman–Crippen LogP) is 2.81. The smallest absolute Gasteiger partial charge is 0.314 e. The van der Waals surface area contributed by atoms with E-state index in [2.05, 4.69) is 15.6 Å². The van der Waals surface area contributed by atoms with Crippen LogP contribution in [0.15, 0.2) is 48.7 Å². The van der Waals surface area contributed by atoms with Gasteiger partial charge in [-0.1, -0.05) is 37.3 Å². The van der Waals surface area contributed by atoms with Gasteiger partial charge in [-0.3, -0.25) is 0 Å². The maximum Gasteiger partial charge on any atom is 0.314 e. The quantitative estimate of drug-likeness (QED) is 0.733. The summed E-state index contributed by atoms with van der Waals surface area (Å²) in [5.41, 5.74) is 2.71. The summed E-state index contributed by atoms with van der Waals surface area (Å²) >= 11 is 0. The highest BCUT2D eigenvalue weighted by Crippen LogP contribution is 2.23. The van der Waals surface area contributed by atoms with Gasteiger partial charge in [-0.2, -0.15) is 0 Å². The molecule has 0 saturated heterocycles. The van der Waals surface area contributed by atoms with Gasteiger partial charge in [0.05, 0.1) is 0 Å². The summed E-state index contributed by atoms with van der Waals surface area (Å²) in [4.78, 5) is 20.8. The maximum absolute atomic E-state index is 11.7. The SMILES string of the molecule is CCCNC(=O)NCCn1c(-c2ccccc2)nc2cccnc21. The highest BCUT2D eigenvalue weighted by atomic mass is 16.2. The monoisotopic (exact) mass is 323 g/mol. The molecule has 3 aromatic rings. The van der Waals surface area contributed by atoms with E-state index in [9.17, 15) is 4.79 Å². The van der Waals surface area contributed by atoms with Gasteiger partial charge in [0.2, 0.25) is 0 Å². The van der Waals surface area contributed by atoms with Crippen molar-refractivity contribution in [3.63, 3.8) is 0 Å². The zero-order chi connectivity index (χ0) is 16.8. The van der Waals surface area contributed by atoms with Crippen LogP contribution in [0.25, 0.3) is 22.6 Å². The minimum Gasteiger partial charge on any atom is -0.338 e. The molecule has 2 heterocycles. The molecular formula is C18H21N5O. The van der Waals surface area contributed by atoms with Crippen LogP contribution < -0.4 is 10.6 Å². The number of carbonyl (C=O) groups is 1. The zero-order valence-corrected chi connectivity index (χ0v) is 13.7. The number of benzene rings is 1. The molecule has 0 radical (unpaired) electrons. The van der Waals surface area contributed by atoms with Gasteiger partial charge in [-0.25, -0.2) is 14.8 Å². The standard InChI is InChI=1S/C18H21N5O/c1-2-10-20-18(24)21-12-13-23-16(14-7-4-3-5-8-14)22-15-9-6-11-19-17(15)23/h3-9,11H,2,10,12-13H2,1H3,(H2,20,21,24). The van der Waals surface area contributed by atoms with Crippen LogP contribution in [-0.4, -0.2) is 33.7 Å². The molecule has 0 saturated carbocycles. The van der Waals surface area contributed by atoms with Crippen LogP contribution in [0, 0.1) is 0 Å². The molecule has 0 aliphatic rings. The Morgan fingerprint density at radius 2 is 1.88 bits per heavy atom. The summed E-state index contributed by atoms with van der Waals surface area (Å²) < 4.78 is 2.05. The summed E-state index contributed by atoms with van der Waals surface area (Å²) in [5.74, 6) is 0.861. The second kappa shape index (κ2) is 7.59. The molecule has 6 nitrogen and oxygen atoms in total. The van der Waals surface area contributed by atoms with Gasteiger partial charge in [-0.15, -0.1) is 0 Å². The lowest BCUT2D eigenvalue weighted by Crippen LogP contribution is -2.37. The number of nitrogens with one attached hydrogen (secondary N) is 2. The van der Waals surface area contributed by atoms with Crippen LogP contribution in [0.5, 0.6) is 0 Å². The Bertz CT molecular complexity index is 813. The number of carbonyl (C=O) groups excluding carboxylic acids is 1. The number of nitrogens with zero attached hydrogens (tertiary/aromatic N) is 3. The fourth-order valence-corrected chi connectivity index (χ4v) is 2.56. The number of aromatic nitrogens is 3. The average Bonchev–Trinajstić information content (AvgIpc) is 2.99. The van der Waals surface area contributed by atoms with E-state index in [1.807, 2.05) is 54.0 Å². The van der Waals surface area contributed by atoms with E-state index < -0.39 is 0 Å². The van der Waals surface area contributed by atoms with E-state index in [4.69, 9.17) is 4.98 Å². The summed E-state index contributed by atoms with van der Waals surface area (Å²) in [6, 6.07) is 13.7. The van der Waals surface area contributed by atoms with Crippen molar-refractivity contribution in [1.29, 1.82) is 0 Å². The van der Waals surface area contributed by atoms with E-state index >= 15 is 0 Å². The zero-order valence-electron chi connectivity index (χ0n) is 13.7. The fraction of sp³-hybridized carbons (Fsp3) is 0.278. The summed E-state index contributed by atoms with van der Waals surface area (Å²) in [6.07, 6.45) is 2.68. The van der Waals surface area contributed by atoms with Crippen LogP contribution in [0.2, 0.25) is 0 Å². The van der Waals surface area contributed by atoms with E-state index in [1.54, 1.807) is 6.20 Å². The summed E-state index contributed by atoms with van der Waals surface area (Å²) in [6.45, 7) is 3.82. The third-order valence-corrected chi connectivity index (χ3v) is 3.69. The van der Waals surface area contributed by atoms with Gasteiger partial charge < -0.3 is 15.2 Å². The molecule has 2 amide bonds. The van der Waals surface area contributed by atoms with Crippen LogP contribution in [0.4, 0.5) is 4.79 Å². The summed E-state index contributed by atoms with van der Waals surface area (Å²) in [7, 11) is 0. The highest BCUT2D eigenvalue weighted by molar-refractivity contribution is 5.77. The molecule has 0 bridgehead atoms. The molecule has 3 rings (SSSR count). The molecular weight excluding hydrogens is 302 g/mol. The predicted molar refractivity (Wildman–Crippen MR) is 94.7 cm³/mol. The number of pyridine rings is 1. The molecule has 24 heavy (non-hydrogen) atoms. The van der Waals surface area contributed by atoms with Crippen molar-refractivity contribution >= 4 is 17.2 Å². The second-order valence-corrected chi connectivity index (χ2v) is 5.48. The molecule has 2 aromatic heterocycles. The molecule has 0 unspecified atom stereocenters. The molecule has 0 fully saturated rings. The van der Waals surface area contributed by atoms with E-state index in [1.165, 1.54) is 0 Å². The van der Waals surface area contributed by atoms with Crippen molar-refractivity contribution in [3.8, 4) is 11.4 Å². The topological polar surface area (TPSA) is 71.8 Å². The van der Waals surface area contributed by atoms with E-state index in [0.717, 1.165) is 29.0 Å². The van der Waals surface area contributed by atoms with Crippen molar-refractivity contribution < 1.29 is 4.79 Å². The number of imidazole rings is 1. The third-order valence-electron chi connectivity index (χ3n) is 3.69. The first-order chi connectivity index (χ1) is 11.8. The van der Waals surface area contributed by atoms with Gasteiger partial charge >= 0.3 is 6.03 Å². The lowest BCUT2D eigenvalue weighted by Gasteiger charge is -2.10. The number of hydrogen-bond donors (Lipinski definition) is 2. The van der Waals surface area contributed by atoms with Crippen molar-refractivity contribution in [3.05, 3.63) is 48.7 Å². The molecule has 0 aliphatic carbocycles. The number of rotatable bonds is 6. The van der Waals surface area contributed by atoms with E-state index in [-0.39, 0.29) is 6.03 Å². The Morgan fingerprint density at radius 1 is 1.08 bits per heavy atom. The Kier molecular flexibility index (Phi) is 5.05. The van der Waals surface area contributed by atoms with Gasteiger partial charge in [0.25, 0.3) is 0 Å². The van der Waals surface area contributed by atoms with Crippen LogP contribution in [0.3, 0.4) is 0 Å². The molecule has 0 atom stereocenters. The Morgan fingerprint density at radius 3 is 2.67 bits per heavy atom. The van der Waals surface area contributed by atoms with E-state index in [0.29, 0.717) is 19.6 Å². The number of urea groups is 1. The van der Waals surface area contributed by atoms with Gasteiger partial charge in [-0.05, 0) is 18.6 Å². The van der Waals surface area contributed by atoms with Crippen molar-refractivity contribution in [2.24, 2.45) is 0 Å². The molecule has 124 valence electrons. The lowest BCUT2D eigenvalue weighted by atomic mass is 10.2. The van der Waals surface area contributed by atoms with Crippen molar-refractivity contribution in [1.82, 2.24) is 25.2 Å². The molecule has 0 aliphatic heterocycles. The average molecular weight is 323 g/mol. The van der Waals surface area contributed by atoms with Crippen molar-refractivity contribution in [2.75, 3.05) is 13.1 Å². The highest BCUT2D eigenvalue weighted by Gasteiger charge is 2.13. The molecule has 6 heteroatoms. The first-order valence-electron chi connectivity index (χ1n) is 8.18. The third kappa shape index (κ3) is 3.53. The normalized spacial score (nSPS) is 10.7. The Labute approximate surface area is 140 Å². The Balaban J connectivity index is 1.82. The molecule has 2 N–H and O–H groups in total. The van der Waals surface area contributed by atoms with Crippen LogP contribution in [0.1, 0.15) is 13.3 Å². The Hall–Kier alpha value is -2.89. The number of amides is 2. The minimum absolute atomic E-state index is 0.143. The molecule has 1 aromatic carbocycles. The van der Waals surface area contributed by atoms with Crippen LogP contribution in [-0.2, 0) is 6.54 Å². The largest absolute Gasteiger partial charge is 0.338 e. The fourth-order valence-electron chi connectivity index (χ4n) is 2.56. The molecule has 0 spiro atoms. The van der Waals surface area contributed by atoms with Gasteiger partial charge in [0.1, 0.15) is 11.3 Å².